The summed E-state index contributed by atoms with van der Waals surface area (Å²) in [6.45, 7) is 2.07. The lowest BCUT2D eigenvalue weighted by atomic mass is 9.80. The Kier molecular flexibility index (Phi) is 6.69. The summed E-state index contributed by atoms with van der Waals surface area (Å²) in [5.74, 6) is -7.96. The number of carbonyl (C=O) groups excluding carboxylic acids is 1. The van der Waals surface area contributed by atoms with Gasteiger partial charge in [-0.3, -0.25) is 4.79 Å². The molecule has 0 aromatic heterocycles. The van der Waals surface area contributed by atoms with Crippen molar-refractivity contribution in [3.8, 4) is 5.75 Å². The molecule has 31 heavy (non-hydrogen) atoms. The zero-order chi connectivity index (χ0) is 23.7. The fourth-order valence-corrected chi connectivity index (χ4v) is 4.81. The van der Waals surface area contributed by atoms with Gasteiger partial charge in [-0.15, -0.1) is 15.5 Å². The molecule has 12 heteroatoms. The lowest BCUT2D eigenvalue weighted by Crippen LogP contribution is -2.34. The van der Waals surface area contributed by atoms with E-state index in [9.17, 15) is 42.3 Å². The highest BCUT2D eigenvalue weighted by atomic mass is 32.5. The third kappa shape index (κ3) is 5.09. The van der Waals surface area contributed by atoms with Gasteiger partial charge in [0.1, 0.15) is 17.4 Å². The van der Waals surface area contributed by atoms with Crippen molar-refractivity contribution >= 4 is 15.8 Å². The first-order valence-corrected chi connectivity index (χ1v) is 11.8. The van der Waals surface area contributed by atoms with E-state index >= 15 is 0 Å². The van der Waals surface area contributed by atoms with Gasteiger partial charge in [0.2, 0.25) is 0 Å². The van der Waals surface area contributed by atoms with Crippen molar-refractivity contribution in [1.29, 1.82) is 0 Å². The van der Waals surface area contributed by atoms with Gasteiger partial charge in [-0.05, 0) is 31.6 Å². The fraction of sp³-hybridized carbons (Fsp3) is 0.632. The van der Waals surface area contributed by atoms with Crippen molar-refractivity contribution in [1.82, 2.24) is 0 Å². The van der Waals surface area contributed by atoms with Crippen LogP contribution < -0.4 is 4.74 Å². The van der Waals surface area contributed by atoms with Crippen molar-refractivity contribution in [2.45, 2.75) is 68.7 Å². The third-order valence-corrected chi connectivity index (χ3v) is 7.61. The quantitative estimate of drug-likeness (QED) is 0.167. The van der Waals surface area contributed by atoms with Gasteiger partial charge >= 0.3 is 11.5 Å². The summed E-state index contributed by atoms with van der Waals surface area (Å²) in [7, 11) is -11.3. The van der Waals surface area contributed by atoms with Crippen LogP contribution in [0, 0.1) is 23.5 Å². The van der Waals surface area contributed by atoms with Gasteiger partial charge in [-0.25, -0.2) is 8.78 Å². The molecule has 0 heterocycles. The molecule has 0 radical (unpaired) electrons. The zero-order valence-electron chi connectivity index (χ0n) is 16.6. The average Bonchev–Trinajstić information content (AvgIpc) is 2.59. The number of benzene rings is 1. The number of rotatable bonds is 7. The van der Waals surface area contributed by atoms with Gasteiger partial charge < -0.3 is 4.74 Å². The molecule has 1 aliphatic rings. The van der Waals surface area contributed by atoms with Crippen molar-refractivity contribution in [2.24, 2.45) is 11.8 Å². The smallest absolute Gasteiger partial charge is 0.426 e. The van der Waals surface area contributed by atoms with Crippen LogP contribution in [0.1, 0.15) is 58.3 Å². The minimum Gasteiger partial charge on any atom is -0.426 e. The SMILES string of the molecule is CCCCCC1CCC(C(=O)Oc2cc(F)c(S(F)(F)(F)(F)C(F)(F)F)c(F)c2)CC1. The molecule has 0 saturated heterocycles. The van der Waals surface area contributed by atoms with Gasteiger partial charge in [0.25, 0.3) is 9.84 Å². The molecule has 1 aliphatic carbocycles. The predicted octanol–water partition coefficient (Wildman–Crippen LogP) is 8.55. The second kappa shape index (κ2) is 8.08. The standard InChI is InChI=1S/C19H23F9O2S/c1-2-3-4-5-12-6-8-13(9-7-12)18(29)30-14-10-15(20)17(16(21)11-14)31(25,26,27,28)19(22,23)24/h10-13H,2-9H2,1H3. The van der Waals surface area contributed by atoms with E-state index in [0.29, 0.717) is 31.6 Å². The Morgan fingerprint density at radius 2 is 1.52 bits per heavy atom. The van der Waals surface area contributed by atoms with Crippen LogP contribution in [0.15, 0.2) is 17.0 Å². The average molecular weight is 486 g/mol. The number of halogens is 9. The normalized spacial score (nSPS) is 22.5. The molecule has 0 amide bonds. The molecule has 2 rings (SSSR count). The summed E-state index contributed by atoms with van der Waals surface area (Å²) < 4.78 is 124. The summed E-state index contributed by atoms with van der Waals surface area (Å²) >= 11 is 0. The highest BCUT2D eigenvalue weighted by molar-refractivity contribution is 8.50. The van der Waals surface area contributed by atoms with E-state index in [1.54, 1.807) is 0 Å². The number of unbranched alkanes of at least 4 members (excludes halogenated alkanes) is 2. The molecule has 1 fully saturated rings. The van der Waals surface area contributed by atoms with Crippen LogP contribution in [0.2, 0.25) is 0 Å². The van der Waals surface area contributed by atoms with E-state index in [1.165, 1.54) is 0 Å². The summed E-state index contributed by atoms with van der Waals surface area (Å²) in [6, 6.07) is -0.534. The van der Waals surface area contributed by atoms with Crippen LogP contribution in [-0.2, 0) is 4.79 Å². The Morgan fingerprint density at radius 3 is 1.97 bits per heavy atom. The molecule has 0 atom stereocenters. The van der Waals surface area contributed by atoms with E-state index in [1.807, 2.05) is 0 Å². The number of hydrogen-bond acceptors (Lipinski definition) is 2. The van der Waals surface area contributed by atoms with Gasteiger partial charge in [0, 0.05) is 12.1 Å². The van der Waals surface area contributed by atoms with Crippen molar-refractivity contribution in [3.63, 3.8) is 0 Å². The van der Waals surface area contributed by atoms with E-state index in [4.69, 9.17) is 4.74 Å². The van der Waals surface area contributed by atoms with Crippen LogP contribution in [0.4, 0.5) is 37.5 Å². The Hall–Kier alpha value is -1.59. The summed E-state index contributed by atoms with van der Waals surface area (Å²) in [6.07, 6.45) is 6.44. The molecule has 0 unspecified atom stereocenters. The van der Waals surface area contributed by atoms with Crippen LogP contribution >= 0.6 is 9.84 Å². The molecule has 0 aliphatic heterocycles. The van der Waals surface area contributed by atoms with Gasteiger partial charge in [0.15, 0.2) is 4.90 Å². The lowest BCUT2D eigenvalue weighted by Gasteiger charge is -2.50. The maximum atomic E-state index is 13.9. The maximum absolute atomic E-state index is 13.9. The second-order valence-electron chi connectivity index (χ2n) is 7.87. The van der Waals surface area contributed by atoms with Gasteiger partial charge in [0.05, 0.1) is 5.92 Å². The molecule has 0 bridgehead atoms. The molecular weight excluding hydrogens is 463 g/mol. The Morgan fingerprint density at radius 1 is 1.00 bits per heavy atom. The molecular formula is C19H23F9O2S. The van der Waals surface area contributed by atoms with E-state index < -0.39 is 49.5 Å². The third-order valence-electron chi connectivity index (χ3n) is 5.46. The van der Waals surface area contributed by atoms with Gasteiger partial charge in [-0.2, -0.15) is 13.2 Å². The number of esters is 1. The fourth-order valence-electron chi connectivity index (χ4n) is 3.67. The molecule has 0 N–H and O–H groups in total. The van der Waals surface area contributed by atoms with Crippen LogP contribution in [0.5, 0.6) is 5.75 Å². The second-order valence-corrected chi connectivity index (χ2v) is 10.9. The van der Waals surface area contributed by atoms with E-state index in [2.05, 4.69) is 6.92 Å². The number of carbonyl (C=O) groups is 1. The van der Waals surface area contributed by atoms with Crippen LogP contribution in [0.3, 0.4) is 0 Å². The summed E-state index contributed by atoms with van der Waals surface area (Å²) in [5, 5.41) is 0. The molecule has 1 aromatic carbocycles. The monoisotopic (exact) mass is 486 g/mol. The first-order chi connectivity index (χ1) is 14.0. The lowest BCUT2D eigenvalue weighted by molar-refractivity contribution is -0.140. The highest BCUT2D eigenvalue weighted by Gasteiger charge is 2.86. The first kappa shape index (κ1) is 25.7. The van der Waals surface area contributed by atoms with Crippen LogP contribution in [0.25, 0.3) is 0 Å². The van der Waals surface area contributed by atoms with Gasteiger partial charge in [-0.1, -0.05) is 32.6 Å². The van der Waals surface area contributed by atoms with Crippen LogP contribution in [-0.4, -0.2) is 11.5 Å². The summed E-state index contributed by atoms with van der Waals surface area (Å²) in [5.41, 5.74) is -7.50. The molecule has 180 valence electrons. The van der Waals surface area contributed by atoms with Crippen molar-refractivity contribution < 1.29 is 47.0 Å². The molecule has 1 aromatic rings. The molecule has 2 nitrogen and oxygen atoms in total. The van der Waals surface area contributed by atoms with E-state index in [-0.39, 0.29) is 12.1 Å². The Labute approximate surface area is 173 Å². The molecule has 0 spiro atoms. The van der Waals surface area contributed by atoms with E-state index in [0.717, 1.165) is 25.7 Å². The first-order valence-electron chi connectivity index (χ1n) is 9.77. The number of ether oxygens (including phenoxy) is 1. The minimum absolute atomic E-state index is 0.267. The maximum Gasteiger partial charge on any atom is 0.510 e. The predicted molar refractivity (Wildman–Crippen MR) is 97.9 cm³/mol. The molecule has 1 saturated carbocycles. The largest absolute Gasteiger partial charge is 0.510 e. The highest BCUT2D eigenvalue weighted by Crippen LogP contribution is 3.07. The topological polar surface area (TPSA) is 26.3 Å². The summed E-state index contributed by atoms with van der Waals surface area (Å²) in [4.78, 5) is 8.52. The Balaban J connectivity index is 2.14. The number of alkyl halides is 3. The Bertz CT molecular complexity index is 801. The number of hydrogen-bond donors (Lipinski definition) is 0. The zero-order valence-corrected chi connectivity index (χ0v) is 17.4. The van der Waals surface area contributed by atoms with Crippen molar-refractivity contribution in [2.75, 3.05) is 0 Å². The minimum atomic E-state index is -11.3. The van der Waals surface area contributed by atoms with Crippen molar-refractivity contribution in [3.05, 3.63) is 23.8 Å².